The van der Waals surface area contributed by atoms with Crippen LogP contribution in [0.2, 0.25) is 0 Å². The van der Waals surface area contributed by atoms with Gasteiger partial charge in [0.05, 0.1) is 18.2 Å². The van der Waals surface area contributed by atoms with E-state index in [9.17, 15) is 9.59 Å². The number of fused-ring (bicyclic) bond motifs is 1. The number of rotatable bonds is 8. The van der Waals surface area contributed by atoms with E-state index in [0.717, 1.165) is 44.2 Å². The lowest BCUT2D eigenvalue weighted by atomic mass is 9.83. The van der Waals surface area contributed by atoms with Gasteiger partial charge in [0.25, 0.3) is 0 Å². The summed E-state index contributed by atoms with van der Waals surface area (Å²) in [6, 6.07) is 8.18. The quantitative estimate of drug-likeness (QED) is 0.298. The summed E-state index contributed by atoms with van der Waals surface area (Å²) in [5.74, 6) is -2.08. The van der Waals surface area contributed by atoms with Crippen LogP contribution in [0.15, 0.2) is 42.6 Å². The molecule has 1 unspecified atom stereocenters. The van der Waals surface area contributed by atoms with Crippen LogP contribution in [0, 0.1) is 17.6 Å². The van der Waals surface area contributed by atoms with E-state index in [1.165, 1.54) is 12.3 Å². The molecule has 0 saturated heterocycles. The first-order valence-corrected chi connectivity index (χ1v) is 13.6. The minimum absolute atomic E-state index is 0.145. The molecule has 6 nitrogen and oxygen atoms in total. The number of ether oxygens (including phenoxy) is 2. The van der Waals surface area contributed by atoms with E-state index in [1.807, 2.05) is 6.92 Å². The zero-order chi connectivity index (χ0) is 28.2. The predicted molar refractivity (Wildman–Crippen MR) is 146 cm³/mol. The van der Waals surface area contributed by atoms with Crippen LogP contribution in [0.3, 0.4) is 0 Å². The monoisotopic (exact) mass is 538 g/mol. The molecule has 1 amide bonds. The first kappa shape index (κ1) is 28.5. The molecule has 0 bridgehead atoms. The number of hydrogen-bond donors (Lipinski definition) is 1. The molecule has 1 saturated carbocycles. The molecule has 1 aliphatic carbocycles. The number of amides is 1. The molecule has 0 radical (unpaired) electrons. The van der Waals surface area contributed by atoms with Gasteiger partial charge < -0.3 is 14.8 Å². The summed E-state index contributed by atoms with van der Waals surface area (Å²) in [7, 11) is 0. The second-order valence-corrected chi connectivity index (χ2v) is 11.1. The van der Waals surface area contributed by atoms with E-state index in [2.05, 4.69) is 10.3 Å². The maximum absolute atomic E-state index is 15.6. The van der Waals surface area contributed by atoms with Crippen LogP contribution in [-0.2, 0) is 4.74 Å². The zero-order valence-electron chi connectivity index (χ0n) is 23.0. The van der Waals surface area contributed by atoms with Crippen LogP contribution in [0.25, 0.3) is 10.8 Å². The Balaban J connectivity index is 1.68. The highest BCUT2D eigenvalue weighted by Crippen LogP contribution is 2.34. The van der Waals surface area contributed by atoms with E-state index < -0.39 is 40.7 Å². The SMILES string of the molecule is CCOc1nccc2c(C(=O)c3c(F)cc(C(CC4CCCCC4)NC(=O)OC(C)(C)C)cc3F)cccc12. The van der Waals surface area contributed by atoms with Crippen molar-refractivity contribution in [3.63, 3.8) is 0 Å². The molecule has 1 heterocycles. The molecule has 1 fully saturated rings. The number of hydrogen-bond acceptors (Lipinski definition) is 5. The van der Waals surface area contributed by atoms with Gasteiger partial charge in [-0.15, -0.1) is 0 Å². The number of aromatic nitrogens is 1. The Morgan fingerprint density at radius 3 is 2.38 bits per heavy atom. The van der Waals surface area contributed by atoms with Gasteiger partial charge in [-0.3, -0.25) is 4.79 Å². The van der Waals surface area contributed by atoms with Crippen molar-refractivity contribution in [2.75, 3.05) is 6.61 Å². The van der Waals surface area contributed by atoms with Crippen LogP contribution in [-0.4, -0.2) is 29.1 Å². The van der Waals surface area contributed by atoms with Gasteiger partial charge in [0.15, 0.2) is 5.78 Å². The van der Waals surface area contributed by atoms with Crippen molar-refractivity contribution in [3.8, 4) is 5.88 Å². The van der Waals surface area contributed by atoms with Crippen molar-refractivity contribution >= 4 is 22.6 Å². The number of pyridine rings is 1. The van der Waals surface area contributed by atoms with E-state index in [0.29, 0.717) is 35.6 Å². The van der Waals surface area contributed by atoms with Gasteiger partial charge >= 0.3 is 6.09 Å². The molecule has 1 aliphatic rings. The smallest absolute Gasteiger partial charge is 0.408 e. The van der Waals surface area contributed by atoms with Gasteiger partial charge in [-0.2, -0.15) is 0 Å². The van der Waals surface area contributed by atoms with Gasteiger partial charge in [0.1, 0.15) is 17.2 Å². The number of nitrogens with zero attached hydrogens (tertiary/aromatic N) is 1. The first-order chi connectivity index (χ1) is 18.6. The van der Waals surface area contributed by atoms with E-state index in [-0.39, 0.29) is 11.1 Å². The summed E-state index contributed by atoms with van der Waals surface area (Å²) in [6.07, 6.45) is 6.70. The van der Waals surface area contributed by atoms with Gasteiger partial charge in [-0.25, -0.2) is 18.6 Å². The Hall–Kier alpha value is -3.55. The van der Waals surface area contributed by atoms with Crippen LogP contribution in [0.1, 0.15) is 93.7 Å². The minimum Gasteiger partial charge on any atom is -0.478 e. The fourth-order valence-corrected chi connectivity index (χ4v) is 5.26. The van der Waals surface area contributed by atoms with E-state index in [1.54, 1.807) is 39.0 Å². The minimum atomic E-state index is -0.981. The summed E-state index contributed by atoms with van der Waals surface area (Å²) in [5, 5.41) is 3.89. The van der Waals surface area contributed by atoms with Crippen molar-refractivity contribution in [2.45, 2.75) is 77.9 Å². The molecular formula is C31H36F2N2O4. The van der Waals surface area contributed by atoms with Gasteiger partial charge in [-0.05, 0) is 75.2 Å². The molecule has 2 aromatic carbocycles. The maximum atomic E-state index is 15.6. The zero-order valence-corrected chi connectivity index (χ0v) is 23.0. The molecule has 1 N–H and O–H groups in total. The molecule has 3 aromatic rings. The lowest BCUT2D eigenvalue weighted by Gasteiger charge is -2.29. The summed E-state index contributed by atoms with van der Waals surface area (Å²) < 4.78 is 42.1. The number of alkyl carbamates (subject to hydrolysis) is 1. The number of ketones is 1. The molecule has 8 heteroatoms. The van der Waals surface area contributed by atoms with Crippen LogP contribution >= 0.6 is 0 Å². The average Bonchev–Trinajstić information content (AvgIpc) is 2.87. The first-order valence-electron chi connectivity index (χ1n) is 13.6. The second kappa shape index (κ2) is 12.1. The number of carbonyl (C=O) groups excluding carboxylic acids is 2. The van der Waals surface area contributed by atoms with Gasteiger partial charge in [-0.1, -0.05) is 44.2 Å². The third kappa shape index (κ3) is 6.91. The van der Waals surface area contributed by atoms with Crippen LogP contribution < -0.4 is 10.1 Å². The Morgan fingerprint density at radius 2 is 1.74 bits per heavy atom. The predicted octanol–water partition coefficient (Wildman–Crippen LogP) is 7.68. The molecule has 208 valence electrons. The topological polar surface area (TPSA) is 77.5 Å². The molecule has 0 aliphatic heterocycles. The lowest BCUT2D eigenvalue weighted by Crippen LogP contribution is -2.36. The van der Waals surface area contributed by atoms with E-state index in [4.69, 9.17) is 9.47 Å². The molecule has 1 aromatic heterocycles. The van der Waals surface area contributed by atoms with Crippen LogP contribution in [0.4, 0.5) is 13.6 Å². The molecule has 39 heavy (non-hydrogen) atoms. The van der Waals surface area contributed by atoms with Crippen molar-refractivity contribution in [2.24, 2.45) is 5.92 Å². The highest BCUT2D eigenvalue weighted by Gasteiger charge is 2.28. The number of nitrogens with one attached hydrogen (secondary N) is 1. The van der Waals surface area contributed by atoms with Crippen molar-refractivity contribution in [3.05, 3.63) is 70.9 Å². The molecular weight excluding hydrogens is 502 g/mol. The third-order valence-electron chi connectivity index (χ3n) is 6.97. The largest absolute Gasteiger partial charge is 0.478 e. The number of carbonyl (C=O) groups is 2. The fraction of sp³-hybridized carbons (Fsp3) is 0.452. The average molecular weight is 539 g/mol. The van der Waals surface area contributed by atoms with Crippen molar-refractivity contribution in [1.82, 2.24) is 10.3 Å². The molecule has 1 atom stereocenters. The van der Waals surface area contributed by atoms with Gasteiger partial charge in [0, 0.05) is 17.1 Å². The van der Waals surface area contributed by atoms with E-state index >= 15 is 8.78 Å². The molecule has 0 spiro atoms. The number of benzene rings is 2. The Labute approximate surface area is 228 Å². The highest BCUT2D eigenvalue weighted by molar-refractivity contribution is 6.17. The maximum Gasteiger partial charge on any atom is 0.408 e. The molecule has 4 rings (SSSR count). The number of halogens is 2. The Bertz CT molecular complexity index is 1320. The summed E-state index contributed by atoms with van der Waals surface area (Å²) >= 11 is 0. The summed E-state index contributed by atoms with van der Waals surface area (Å²) in [5.41, 5.74) is -0.956. The Kier molecular flexibility index (Phi) is 8.83. The lowest BCUT2D eigenvalue weighted by molar-refractivity contribution is 0.0493. The normalized spacial score (nSPS) is 15.1. The summed E-state index contributed by atoms with van der Waals surface area (Å²) in [6.45, 7) is 7.46. The summed E-state index contributed by atoms with van der Waals surface area (Å²) in [4.78, 5) is 30.3. The third-order valence-corrected chi connectivity index (χ3v) is 6.97. The van der Waals surface area contributed by atoms with Gasteiger partial charge in [0.2, 0.25) is 5.88 Å². The van der Waals surface area contributed by atoms with Crippen LogP contribution in [0.5, 0.6) is 5.88 Å². The van der Waals surface area contributed by atoms with Crippen molar-refractivity contribution < 1.29 is 27.8 Å². The second-order valence-electron chi connectivity index (χ2n) is 11.1. The highest BCUT2D eigenvalue weighted by atomic mass is 19.1. The standard InChI is InChI=1S/C31H36F2N2O4/c1-5-38-29-23-13-9-12-22(21(23)14-15-34-29)28(36)27-24(32)17-20(18-25(27)33)26(16-19-10-7-6-8-11-19)35-30(37)39-31(2,3)4/h9,12-15,17-19,26H,5-8,10-11,16H2,1-4H3,(H,35,37). The Morgan fingerprint density at radius 1 is 1.05 bits per heavy atom. The van der Waals surface area contributed by atoms with Crippen molar-refractivity contribution in [1.29, 1.82) is 0 Å². The fourth-order valence-electron chi connectivity index (χ4n) is 5.26.